The molecule has 0 aliphatic heterocycles. The van der Waals surface area contributed by atoms with Crippen LogP contribution in [-0.4, -0.2) is 29.9 Å². The fraction of sp³-hybridized carbons (Fsp3) is 0. The van der Waals surface area contributed by atoms with Gasteiger partial charge in [0.15, 0.2) is 11.4 Å². The van der Waals surface area contributed by atoms with Crippen LogP contribution in [0.2, 0.25) is 0 Å². The van der Waals surface area contributed by atoms with Crippen LogP contribution in [0.1, 0.15) is 11.4 Å². The van der Waals surface area contributed by atoms with Crippen molar-refractivity contribution in [3.8, 4) is 12.1 Å². The topological polar surface area (TPSA) is 125 Å². The third-order valence-electron chi connectivity index (χ3n) is 3.48. The Labute approximate surface area is 139 Å². The Morgan fingerprint density at radius 2 is 0.885 bits per heavy atom. The summed E-state index contributed by atoms with van der Waals surface area (Å²) in [4.78, 5) is 20.1. The largest absolute Gasteiger partial charge is 0.311 e. The molecular weight excluding hydrogens is 356 g/mol. The van der Waals surface area contributed by atoms with Crippen LogP contribution < -0.4 is 0 Å². The number of fused-ring (bicyclic) bond motifs is 6. The van der Waals surface area contributed by atoms with E-state index < -0.39 is 68.3 Å². The molecule has 12 heteroatoms. The first kappa shape index (κ1) is 15.5. The van der Waals surface area contributed by atoms with Crippen LogP contribution in [-0.2, 0) is 0 Å². The zero-order valence-corrected chi connectivity index (χ0v) is 12.1. The number of aromatic nitrogens is 6. The van der Waals surface area contributed by atoms with Crippen molar-refractivity contribution in [2.24, 2.45) is 0 Å². The maximum Gasteiger partial charge on any atom is 0.311 e. The molecule has 0 radical (unpaired) electrons. The number of nitrogens with zero attached hydrogens (tertiary/aromatic N) is 8. The molecule has 0 fully saturated rings. The molecule has 0 aliphatic rings. The third kappa shape index (κ3) is 1.99. The fourth-order valence-corrected chi connectivity index (χ4v) is 2.52. The van der Waals surface area contributed by atoms with E-state index in [0.29, 0.717) is 0 Å². The molecule has 0 saturated heterocycles. The van der Waals surface area contributed by atoms with Gasteiger partial charge in [-0.15, -0.1) is 0 Å². The molecule has 124 valence electrons. The fourth-order valence-electron chi connectivity index (χ4n) is 2.52. The molecule has 0 amide bonds. The van der Waals surface area contributed by atoms with E-state index in [1.54, 1.807) is 12.1 Å². The Hall–Kier alpha value is -4.06. The molecule has 0 aliphatic carbocycles. The minimum atomic E-state index is -1.50. The number of hydrogen-bond donors (Lipinski definition) is 0. The van der Waals surface area contributed by atoms with Gasteiger partial charge in [-0.2, -0.15) is 48.0 Å². The van der Waals surface area contributed by atoms with Crippen molar-refractivity contribution in [3.63, 3.8) is 0 Å². The summed E-state index contributed by atoms with van der Waals surface area (Å²) in [6.45, 7) is 0. The van der Waals surface area contributed by atoms with Crippen LogP contribution in [0.25, 0.3) is 32.8 Å². The molecule has 3 aromatic heterocycles. The molecule has 4 aromatic rings. The normalized spacial score (nSPS) is 11.0. The molecule has 0 spiro atoms. The second-order valence-corrected chi connectivity index (χ2v) is 4.86. The van der Waals surface area contributed by atoms with Crippen LogP contribution in [0.5, 0.6) is 0 Å². The second-order valence-electron chi connectivity index (χ2n) is 4.86. The zero-order valence-electron chi connectivity index (χ0n) is 12.1. The molecule has 0 atom stereocenters. The van der Waals surface area contributed by atoms with E-state index in [2.05, 4.69) is 29.9 Å². The van der Waals surface area contributed by atoms with Gasteiger partial charge in [0.05, 0.1) is 10.8 Å². The molecule has 1 aromatic carbocycles. The summed E-state index contributed by atoms with van der Waals surface area (Å²) >= 11 is 0. The van der Waals surface area contributed by atoms with Gasteiger partial charge in [-0.1, -0.05) is 0 Å². The number of hydrogen-bond acceptors (Lipinski definition) is 8. The second kappa shape index (κ2) is 5.22. The maximum atomic E-state index is 14.3. The first-order valence-electron chi connectivity index (χ1n) is 6.64. The summed E-state index contributed by atoms with van der Waals surface area (Å²) in [6, 6.07) is 3.18. The Morgan fingerprint density at radius 1 is 0.538 bits per heavy atom. The van der Waals surface area contributed by atoms with E-state index in [4.69, 9.17) is 10.5 Å². The summed E-state index contributed by atoms with van der Waals surface area (Å²) in [6.07, 6.45) is -3.01. The Bertz CT molecular complexity index is 1250. The minimum Gasteiger partial charge on any atom is -0.232 e. The van der Waals surface area contributed by atoms with Crippen molar-refractivity contribution >= 4 is 32.8 Å². The highest BCUT2D eigenvalue weighted by Crippen LogP contribution is 2.33. The van der Waals surface area contributed by atoms with Crippen LogP contribution >= 0.6 is 0 Å². The summed E-state index contributed by atoms with van der Waals surface area (Å²) in [7, 11) is 0. The summed E-state index contributed by atoms with van der Waals surface area (Å²) in [5.74, 6) is -2.80. The van der Waals surface area contributed by atoms with Gasteiger partial charge in [-0.05, 0) is 0 Å². The van der Waals surface area contributed by atoms with Crippen molar-refractivity contribution in [1.29, 1.82) is 10.5 Å². The number of rotatable bonds is 0. The van der Waals surface area contributed by atoms with Gasteiger partial charge < -0.3 is 0 Å². The third-order valence-corrected chi connectivity index (χ3v) is 3.48. The highest BCUT2D eigenvalue weighted by molar-refractivity contribution is 6.20. The Kier molecular flexibility index (Phi) is 3.10. The quantitative estimate of drug-likeness (QED) is 0.202. The molecule has 0 bridgehead atoms. The molecule has 0 N–H and O–H groups in total. The molecule has 26 heavy (non-hydrogen) atoms. The maximum absolute atomic E-state index is 14.3. The van der Waals surface area contributed by atoms with Gasteiger partial charge in [0.25, 0.3) is 0 Å². The molecule has 3 heterocycles. The predicted octanol–water partition coefficient (Wildman–Crippen LogP) is 1.82. The van der Waals surface area contributed by atoms with E-state index in [-0.39, 0.29) is 0 Å². The zero-order chi connectivity index (χ0) is 18.6. The summed E-state index contributed by atoms with van der Waals surface area (Å²) in [5.41, 5.74) is -2.97. The minimum absolute atomic E-state index is 0.422. The highest BCUT2D eigenvalue weighted by Gasteiger charge is 2.24. The number of nitriles is 2. The summed E-state index contributed by atoms with van der Waals surface area (Å²) in [5, 5.41) is 17.0. The average Bonchev–Trinajstić information content (AvgIpc) is 2.59. The monoisotopic (exact) mass is 356 g/mol. The van der Waals surface area contributed by atoms with Gasteiger partial charge in [0, 0.05) is 0 Å². The lowest BCUT2D eigenvalue weighted by atomic mass is 10.1. The van der Waals surface area contributed by atoms with Crippen LogP contribution in [0.3, 0.4) is 0 Å². The molecular formula is C14F4N8. The van der Waals surface area contributed by atoms with Gasteiger partial charge in [-0.3, -0.25) is 0 Å². The smallest absolute Gasteiger partial charge is 0.232 e. The Balaban J connectivity index is 2.45. The van der Waals surface area contributed by atoms with E-state index in [1.807, 2.05) is 0 Å². The average molecular weight is 356 g/mol. The van der Waals surface area contributed by atoms with Gasteiger partial charge in [0.2, 0.25) is 11.9 Å². The number of benzene rings is 1. The standard InChI is InChI=1S/C14F4N8/c15-11-5-7-8(22-4(2-20)3(1-19)21-7)6-10(9(5)23-13(17)25-11)24-14(18)26-12(6)16. The highest BCUT2D eigenvalue weighted by atomic mass is 19.2. The molecule has 0 saturated carbocycles. The summed E-state index contributed by atoms with van der Waals surface area (Å²) < 4.78 is 55.5. The van der Waals surface area contributed by atoms with Crippen LogP contribution in [0.15, 0.2) is 0 Å². The van der Waals surface area contributed by atoms with Crippen LogP contribution in [0, 0.1) is 46.7 Å². The first-order valence-corrected chi connectivity index (χ1v) is 6.64. The van der Waals surface area contributed by atoms with E-state index >= 15 is 0 Å². The van der Waals surface area contributed by atoms with E-state index in [0.717, 1.165) is 0 Å². The number of halogens is 4. The molecule has 4 rings (SSSR count). The van der Waals surface area contributed by atoms with Crippen molar-refractivity contribution in [2.45, 2.75) is 0 Å². The van der Waals surface area contributed by atoms with Crippen molar-refractivity contribution in [2.75, 3.05) is 0 Å². The lowest BCUT2D eigenvalue weighted by molar-refractivity contribution is 0.490. The first-order chi connectivity index (χ1) is 12.4. The van der Waals surface area contributed by atoms with Crippen molar-refractivity contribution in [3.05, 3.63) is 35.4 Å². The lowest BCUT2D eigenvalue weighted by Crippen LogP contribution is -2.05. The SMILES string of the molecule is N#Cc1nc2c(nc1C#N)c1c(F)nc(F)nc1c1nc(F)nc(F)c12. The van der Waals surface area contributed by atoms with Gasteiger partial charge >= 0.3 is 12.2 Å². The van der Waals surface area contributed by atoms with Crippen molar-refractivity contribution < 1.29 is 17.6 Å². The molecule has 8 nitrogen and oxygen atoms in total. The van der Waals surface area contributed by atoms with Crippen molar-refractivity contribution in [1.82, 2.24) is 29.9 Å². The van der Waals surface area contributed by atoms with E-state index in [9.17, 15) is 17.6 Å². The van der Waals surface area contributed by atoms with Gasteiger partial charge in [-0.25, -0.2) is 9.97 Å². The molecule has 0 unspecified atom stereocenters. The van der Waals surface area contributed by atoms with Gasteiger partial charge in [0.1, 0.15) is 34.2 Å². The lowest BCUT2D eigenvalue weighted by Gasteiger charge is -2.09. The van der Waals surface area contributed by atoms with E-state index in [1.165, 1.54) is 0 Å². The predicted molar refractivity (Wildman–Crippen MR) is 75.0 cm³/mol. The van der Waals surface area contributed by atoms with Crippen LogP contribution in [0.4, 0.5) is 17.6 Å². The Morgan fingerprint density at radius 3 is 1.23 bits per heavy atom.